The van der Waals surface area contributed by atoms with E-state index in [4.69, 9.17) is 4.74 Å². The molecule has 0 saturated heterocycles. The zero-order valence-electron chi connectivity index (χ0n) is 11.6. The Morgan fingerprint density at radius 2 is 2.10 bits per heavy atom. The number of para-hydroxylation sites is 1. The van der Waals surface area contributed by atoms with E-state index in [9.17, 15) is 9.59 Å². The third kappa shape index (κ3) is 3.27. The number of benzene rings is 1. The second-order valence-electron chi connectivity index (χ2n) is 4.68. The number of hydrogen-bond acceptors (Lipinski definition) is 4. The number of fused-ring (bicyclic) bond motifs is 1. The maximum atomic E-state index is 11.8. The van der Waals surface area contributed by atoms with E-state index in [2.05, 4.69) is 16.0 Å². The lowest BCUT2D eigenvalue weighted by atomic mass is 10.00. The van der Waals surface area contributed by atoms with Crippen LogP contribution >= 0.6 is 0 Å². The molecule has 0 bridgehead atoms. The van der Waals surface area contributed by atoms with Crippen molar-refractivity contribution in [2.75, 3.05) is 13.7 Å². The monoisotopic (exact) mass is 277 g/mol. The van der Waals surface area contributed by atoms with Gasteiger partial charge in [-0.05, 0) is 13.0 Å². The van der Waals surface area contributed by atoms with Crippen LogP contribution in [-0.4, -0.2) is 31.6 Å². The van der Waals surface area contributed by atoms with Gasteiger partial charge in [-0.3, -0.25) is 15.4 Å². The summed E-state index contributed by atoms with van der Waals surface area (Å²) >= 11 is 0. The average molecular weight is 277 g/mol. The predicted molar refractivity (Wildman–Crippen MR) is 74.5 cm³/mol. The molecule has 0 saturated carbocycles. The van der Waals surface area contributed by atoms with E-state index < -0.39 is 12.1 Å². The minimum Gasteiger partial charge on any atom is -0.493 e. The van der Waals surface area contributed by atoms with Crippen molar-refractivity contribution in [1.82, 2.24) is 16.0 Å². The molecule has 2 rings (SSSR count). The van der Waals surface area contributed by atoms with E-state index in [1.165, 1.54) is 7.05 Å². The number of amides is 3. The maximum absolute atomic E-state index is 11.8. The third-order valence-electron chi connectivity index (χ3n) is 3.27. The van der Waals surface area contributed by atoms with Gasteiger partial charge in [0.1, 0.15) is 5.75 Å². The lowest BCUT2D eigenvalue weighted by molar-refractivity contribution is -0.121. The van der Waals surface area contributed by atoms with Gasteiger partial charge >= 0.3 is 6.03 Å². The van der Waals surface area contributed by atoms with Crippen LogP contribution in [-0.2, 0) is 4.79 Å². The van der Waals surface area contributed by atoms with Crippen LogP contribution in [0.3, 0.4) is 0 Å². The summed E-state index contributed by atoms with van der Waals surface area (Å²) in [6.45, 7) is 2.34. The van der Waals surface area contributed by atoms with Crippen LogP contribution in [0, 0.1) is 0 Å². The van der Waals surface area contributed by atoms with E-state index >= 15 is 0 Å². The van der Waals surface area contributed by atoms with Crippen LogP contribution in [0.5, 0.6) is 5.75 Å². The van der Waals surface area contributed by atoms with Gasteiger partial charge in [-0.25, -0.2) is 4.79 Å². The molecule has 3 amide bonds. The first kappa shape index (κ1) is 14.3. The number of ether oxygens (including phenoxy) is 1. The van der Waals surface area contributed by atoms with Gasteiger partial charge in [0.2, 0.25) is 5.91 Å². The van der Waals surface area contributed by atoms with Crippen LogP contribution in [0.1, 0.15) is 24.9 Å². The molecule has 2 atom stereocenters. The van der Waals surface area contributed by atoms with Crippen molar-refractivity contribution in [2.45, 2.75) is 25.4 Å². The van der Waals surface area contributed by atoms with Crippen molar-refractivity contribution in [3.8, 4) is 5.75 Å². The molecule has 0 aromatic heterocycles. The molecule has 108 valence electrons. The SMILES string of the molecule is CNC(=O)NC(=O)C(C)NC1CCOc2ccccc21. The summed E-state index contributed by atoms with van der Waals surface area (Å²) in [4.78, 5) is 23.0. The Morgan fingerprint density at radius 1 is 1.35 bits per heavy atom. The molecule has 0 radical (unpaired) electrons. The van der Waals surface area contributed by atoms with E-state index in [0.717, 1.165) is 17.7 Å². The van der Waals surface area contributed by atoms with Gasteiger partial charge < -0.3 is 10.1 Å². The maximum Gasteiger partial charge on any atom is 0.321 e. The van der Waals surface area contributed by atoms with E-state index in [0.29, 0.717) is 6.61 Å². The van der Waals surface area contributed by atoms with Gasteiger partial charge in [0.05, 0.1) is 12.6 Å². The third-order valence-corrected chi connectivity index (χ3v) is 3.27. The molecule has 20 heavy (non-hydrogen) atoms. The highest BCUT2D eigenvalue weighted by Crippen LogP contribution is 2.31. The molecule has 2 unspecified atom stereocenters. The molecule has 0 spiro atoms. The van der Waals surface area contributed by atoms with Crippen LogP contribution in [0.2, 0.25) is 0 Å². The fourth-order valence-corrected chi connectivity index (χ4v) is 2.18. The first-order valence-electron chi connectivity index (χ1n) is 6.62. The lowest BCUT2D eigenvalue weighted by Gasteiger charge is -2.28. The number of nitrogens with one attached hydrogen (secondary N) is 3. The van der Waals surface area contributed by atoms with Crippen molar-refractivity contribution in [3.63, 3.8) is 0 Å². The predicted octanol–water partition coefficient (Wildman–Crippen LogP) is 0.944. The number of imide groups is 1. The van der Waals surface area contributed by atoms with Crippen LogP contribution in [0.25, 0.3) is 0 Å². The minimum absolute atomic E-state index is 0.0467. The molecule has 0 aliphatic carbocycles. The van der Waals surface area contributed by atoms with Crippen molar-refractivity contribution >= 4 is 11.9 Å². The summed E-state index contributed by atoms with van der Waals surface area (Å²) in [5, 5.41) is 7.84. The Hall–Kier alpha value is -2.08. The van der Waals surface area contributed by atoms with E-state index in [-0.39, 0.29) is 11.9 Å². The zero-order chi connectivity index (χ0) is 14.5. The number of rotatable bonds is 3. The lowest BCUT2D eigenvalue weighted by Crippen LogP contribution is -2.48. The average Bonchev–Trinajstić information content (AvgIpc) is 2.47. The van der Waals surface area contributed by atoms with Gasteiger partial charge in [0.15, 0.2) is 0 Å². The van der Waals surface area contributed by atoms with Gasteiger partial charge in [-0.1, -0.05) is 18.2 Å². The van der Waals surface area contributed by atoms with Crippen molar-refractivity contribution < 1.29 is 14.3 Å². The molecule has 1 heterocycles. The van der Waals surface area contributed by atoms with Crippen LogP contribution in [0.4, 0.5) is 4.79 Å². The summed E-state index contributed by atoms with van der Waals surface area (Å²) in [6, 6.07) is 6.83. The standard InChI is InChI=1S/C14H19N3O3/c1-9(13(18)17-14(19)15-2)16-11-7-8-20-12-6-4-3-5-10(11)12/h3-6,9,11,16H,7-8H2,1-2H3,(H2,15,17,18,19). The molecule has 6 heteroatoms. The molecule has 6 nitrogen and oxygen atoms in total. The number of urea groups is 1. The smallest absolute Gasteiger partial charge is 0.321 e. The minimum atomic E-state index is -0.504. The Labute approximate surface area is 117 Å². The summed E-state index contributed by atoms with van der Waals surface area (Å²) < 4.78 is 5.57. The van der Waals surface area contributed by atoms with Gasteiger partial charge in [0.25, 0.3) is 0 Å². The number of carbonyl (C=O) groups is 2. The molecule has 1 aliphatic heterocycles. The van der Waals surface area contributed by atoms with Gasteiger partial charge in [0, 0.05) is 25.1 Å². The second-order valence-corrected chi connectivity index (χ2v) is 4.68. The van der Waals surface area contributed by atoms with Crippen molar-refractivity contribution in [3.05, 3.63) is 29.8 Å². The number of carbonyl (C=O) groups excluding carboxylic acids is 2. The molecule has 1 aromatic carbocycles. The Balaban J connectivity index is 2.00. The Morgan fingerprint density at radius 3 is 2.85 bits per heavy atom. The first-order chi connectivity index (χ1) is 9.61. The fraction of sp³-hybridized carbons (Fsp3) is 0.429. The fourth-order valence-electron chi connectivity index (χ4n) is 2.18. The highest BCUT2D eigenvalue weighted by atomic mass is 16.5. The zero-order valence-corrected chi connectivity index (χ0v) is 11.6. The Kier molecular flexibility index (Phi) is 4.57. The molecule has 1 aliphatic rings. The second kappa shape index (κ2) is 6.38. The normalized spacial score (nSPS) is 18.4. The summed E-state index contributed by atoms with van der Waals surface area (Å²) in [6.07, 6.45) is 0.786. The molecular formula is C14H19N3O3. The molecular weight excluding hydrogens is 258 g/mol. The van der Waals surface area contributed by atoms with Gasteiger partial charge in [-0.2, -0.15) is 0 Å². The van der Waals surface area contributed by atoms with Crippen molar-refractivity contribution in [2.24, 2.45) is 0 Å². The number of hydrogen-bond donors (Lipinski definition) is 3. The highest BCUT2D eigenvalue weighted by Gasteiger charge is 2.25. The van der Waals surface area contributed by atoms with Crippen LogP contribution < -0.4 is 20.7 Å². The van der Waals surface area contributed by atoms with Gasteiger partial charge in [-0.15, -0.1) is 0 Å². The van der Waals surface area contributed by atoms with E-state index in [1.54, 1.807) is 6.92 Å². The summed E-state index contributed by atoms with van der Waals surface area (Å²) in [5.74, 6) is 0.489. The summed E-state index contributed by atoms with van der Waals surface area (Å²) in [5.41, 5.74) is 1.04. The quantitative estimate of drug-likeness (QED) is 0.768. The first-order valence-corrected chi connectivity index (χ1v) is 6.62. The largest absolute Gasteiger partial charge is 0.493 e. The highest BCUT2D eigenvalue weighted by molar-refractivity contribution is 5.96. The van der Waals surface area contributed by atoms with Crippen LogP contribution in [0.15, 0.2) is 24.3 Å². The van der Waals surface area contributed by atoms with Crippen molar-refractivity contribution in [1.29, 1.82) is 0 Å². The van der Waals surface area contributed by atoms with E-state index in [1.807, 2.05) is 24.3 Å². The molecule has 1 aromatic rings. The topological polar surface area (TPSA) is 79.5 Å². The molecule has 0 fully saturated rings. The summed E-state index contributed by atoms with van der Waals surface area (Å²) in [7, 11) is 1.47. The Bertz CT molecular complexity index is 504. The molecule has 3 N–H and O–H groups in total.